The van der Waals surface area contributed by atoms with E-state index in [2.05, 4.69) is 10.2 Å². The van der Waals surface area contributed by atoms with Crippen LogP contribution >= 0.6 is 0 Å². The Morgan fingerprint density at radius 2 is 1.87 bits per heavy atom. The molecule has 2 amide bonds. The van der Waals surface area contributed by atoms with Crippen LogP contribution in [0, 0.1) is 0 Å². The minimum Gasteiger partial charge on any atom is -0.493 e. The predicted molar refractivity (Wildman–Crippen MR) is 104 cm³/mol. The standard InChI is InChI=1S/C19H19N5O6/c1-22-17(27)14(18(28)23(2)19(22)29)21-20-12-7-3-6-11-13(12)16(26)24(15(11)25)9-10-5-4-8-30-10/h3,6-7,10,27H,4-5,8-9H2,1-2H3. The minimum atomic E-state index is -0.839. The Kier molecular flexibility index (Phi) is 4.82. The predicted octanol–water partition coefficient (Wildman–Crippen LogP) is 0.980. The lowest BCUT2D eigenvalue weighted by molar-refractivity contribution is 0.0475. The van der Waals surface area contributed by atoms with Crippen LogP contribution in [0.1, 0.15) is 33.6 Å². The molecule has 1 N–H and O–H groups in total. The molecule has 156 valence electrons. The van der Waals surface area contributed by atoms with Gasteiger partial charge in [0.15, 0.2) is 0 Å². The van der Waals surface area contributed by atoms with Crippen LogP contribution in [0.5, 0.6) is 5.88 Å². The van der Waals surface area contributed by atoms with Gasteiger partial charge in [-0.15, -0.1) is 10.2 Å². The molecule has 1 saturated heterocycles. The molecule has 0 aliphatic carbocycles. The number of amides is 2. The van der Waals surface area contributed by atoms with Crippen molar-refractivity contribution >= 4 is 23.2 Å². The Hall–Kier alpha value is -3.60. The summed E-state index contributed by atoms with van der Waals surface area (Å²) in [7, 11) is 2.52. The van der Waals surface area contributed by atoms with E-state index in [4.69, 9.17) is 4.74 Å². The molecule has 2 aliphatic rings. The highest BCUT2D eigenvalue weighted by atomic mass is 16.5. The third-order valence-corrected chi connectivity index (χ3v) is 5.26. The summed E-state index contributed by atoms with van der Waals surface area (Å²) < 4.78 is 7.15. The van der Waals surface area contributed by atoms with Crippen LogP contribution in [0.15, 0.2) is 38.0 Å². The molecule has 1 aromatic carbocycles. The largest absolute Gasteiger partial charge is 0.493 e. The summed E-state index contributed by atoms with van der Waals surface area (Å²) in [6.45, 7) is 0.760. The lowest BCUT2D eigenvalue weighted by Crippen LogP contribution is -2.36. The number of benzene rings is 1. The lowest BCUT2D eigenvalue weighted by atomic mass is 10.1. The molecular weight excluding hydrogens is 394 g/mol. The van der Waals surface area contributed by atoms with E-state index in [1.54, 1.807) is 6.07 Å². The lowest BCUT2D eigenvalue weighted by Gasteiger charge is -2.18. The van der Waals surface area contributed by atoms with E-state index in [0.29, 0.717) is 6.61 Å². The van der Waals surface area contributed by atoms with E-state index in [0.717, 1.165) is 26.9 Å². The third kappa shape index (κ3) is 3.03. The molecule has 4 rings (SSSR count). The van der Waals surface area contributed by atoms with Gasteiger partial charge >= 0.3 is 5.69 Å². The average Bonchev–Trinajstić information content (AvgIpc) is 3.34. The number of rotatable bonds is 4. The van der Waals surface area contributed by atoms with E-state index in [1.165, 1.54) is 26.2 Å². The normalized spacial score (nSPS) is 18.6. The first kappa shape index (κ1) is 19.7. The molecule has 1 unspecified atom stereocenters. The van der Waals surface area contributed by atoms with Crippen molar-refractivity contribution in [2.24, 2.45) is 24.3 Å². The Morgan fingerprint density at radius 3 is 2.57 bits per heavy atom. The summed E-state index contributed by atoms with van der Waals surface area (Å²) in [6.07, 6.45) is 1.46. The second-order valence-electron chi connectivity index (χ2n) is 7.13. The summed E-state index contributed by atoms with van der Waals surface area (Å²) in [5, 5.41) is 17.8. The SMILES string of the molecule is Cn1c(O)c(N=Nc2cccc3c2C(=O)N(CC2CCCO2)C3=O)c(=O)n(C)c1=O. The maximum atomic E-state index is 12.9. The van der Waals surface area contributed by atoms with Gasteiger partial charge in [0.2, 0.25) is 11.6 Å². The number of imide groups is 1. The van der Waals surface area contributed by atoms with Crippen LogP contribution in [0.3, 0.4) is 0 Å². The average molecular weight is 413 g/mol. The number of aromatic hydroxyl groups is 1. The fraction of sp³-hybridized carbons (Fsp3) is 0.368. The molecule has 30 heavy (non-hydrogen) atoms. The zero-order chi connectivity index (χ0) is 21.6. The van der Waals surface area contributed by atoms with Crippen LogP contribution in [-0.2, 0) is 18.8 Å². The van der Waals surface area contributed by atoms with Crippen molar-refractivity contribution in [2.75, 3.05) is 13.2 Å². The zero-order valence-electron chi connectivity index (χ0n) is 16.4. The number of nitrogens with zero attached hydrogens (tertiary/aromatic N) is 5. The second kappa shape index (κ2) is 7.34. The molecule has 0 spiro atoms. The molecule has 3 heterocycles. The van der Waals surface area contributed by atoms with Crippen molar-refractivity contribution in [3.8, 4) is 5.88 Å². The molecular formula is C19H19N5O6. The third-order valence-electron chi connectivity index (χ3n) is 5.26. The van der Waals surface area contributed by atoms with Crippen molar-refractivity contribution in [3.63, 3.8) is 0 Å². The molecule has 0 radical (unpaired) electrons. The number of hydrogen-bond acceptors (Lipinski definition) is 8. The molecule has 0 bridgehead atoms. The highest BCUT2D eigenvalue weighted by molar-refractivity contribution is 6.23. The topological polar surface area (TPSA) is 136 Å². The monoisotopic (exact) mass is 413 g/mol. The molecule has 11 nitrogen and oxygen atoms in total. The molecule has 2 aliphatic heterocycles. The summed E-state index contributed by atoms with van der Waals surface area (Å²) >= 11 is 0. The van der Waals surface area contributed by atoms with Gasteiger partial charge < -0.3 is 9.84 Å². The van der Waals surface area contributed by atoms with Gasteiger partial charge in [0.1, 0.15) is 0 Å². The fourth-order valence-corrected chi connectivity index (χ4v) is 3.56. The summed E-state index contributed by atoms with van der Waals surface area (Å²) in [6, 6.07) is 4.55. The molecule has 1 aromatic heterocycles. The van der Waals surface area contributed by atoms with Gasteiger partial charge in [-0.05, 0) is 25.0 Å². The van der Waals surface area contributed by atoms with E-state index >= 15 is 0 Å². The van der Waals surface area contributed by atoms with E-state index in [9.17, 15) is 24.3 Å². The van der Waals surface area contributed by atoms with Gasteiger partial charge in [0, 0.05) is 20.7 Å². The zero-order valence-corrected chi connectivity index (χ0v) is 16.4. The van der Waals surface area contributed by atoms with E-state index < -0.39 is 34.6 Å². The fourth-order valence-electron chi connectivity index (χ4n) is 3.56. The molecule has 1 fully saturated rings. The number of azo groups is 1. The van der Waals surface area contributed by atoms with Crippen molar-refractivity contribution in [1.29, 1.82) is 0 Å². The quantitative estimate of drug-likeness (QED) is 0.586. The van der Waals surface area contributed by atoms with Gasteiger partial charge in [0.05, 0.1) is 29.5 Å². The number of fused-ring (bicyclic) bond motifs is 1. The minimum absolute atomic E-state index is 0.0744. The highest BCUT2D eigenvalue weighted by Crippen LogP contribution is 2.33. The van der Waals surface area contributed by atoms with Gasteiger partial charge in [-0.25, -0.2) is 4.79 Å². The Bertz CT molecular complexity index is 1210. The van der Waals surface area contributed by atoms with E-state index in [1.807, 2.05) is 0 Å². The number of carbonyl (C=O) groups excluding carboxylic acids is 2. The number of hydrogen-bond donors (Lipinski definition) is 1. The van der Waals surface area contributed by atoms with Gasteiger partial charge in [0.25, 0.3) is 17.4 Å². The van der Waals surface area contributed by atoms with Gasteiger partial charge in [-0.3, -0.25) is 28.4 Å². The highest BCUT2D eigenvalue weighted by Gasteiger charge is 2.39. The summed E-state index contributed by atoms with van der Waals surface area (Å²) in [5.41, 5.74) is -1.67. The first-order valence-electron chi connectivity index (χ1n) is 9.32. The number of ether oxygens (including phenoxy) is 1. The second-order valence-corrected chi connectivity index (χ2v) is 7.13. The van der Waals surface area contributed by atoms with E-state index in [-0.39, 0.29) is 29.5 Å². The van der Waals surface area contributed by atoms with Crippen molar-refractivity contribution < 1.29 is 19.4 Å². The van der Waals surface area contributed by atoms with Crippen LogP contribution < -0.4 is 11.2 Å². The maximum absolute atomic E-state index is 12.9. The Morgan fingerprint density at radius 1 is 1.10 bits per heavy atom. The smallest absolute Gasteiger partial charge is 0.333 e. The molecule has 11 heteroatoms. The maximum Gasteiger partial charge on any atom is 0.333 e. The van der Waals surface area contributed by atoms with Gasteiger partial charge in [-0.1, -0.05) is 6.07 Å². The summed E-state index contributed by atoms with van der Waals surface area (Å²) in [4.78, 5) is 50.8. The van der Waals surface area contributed by atoms with Crippen LogP contribution in [0.25, 0.3) is 0 Å². The number of carbonyl (C=O) groups is 2. The van der Waals surface area contributed by atoms with Crippen molar-refractivity contribution in [2.45, 2.75) is 18.9 Å². The molecule has 1 atom stereocenters. The summed E-state index contributed by atoms with van der Waals surface area (Å²) in [5.74, 6) is -1.61. The Balaban J connectivity index is 1.72. The first-order chi connectivity index (χ1) is 14.3. The number of aromatic nitrogens is 2. The molecule has 2 aromatic rings. The van der Waals surface area contributed by atoms with Crippen molar-refractivity contribution in [3.05, 3.63) is 50.2 Å². The van der Waals surface area contributed by atoms with Crippen LogP contribution in [0.2, 0.25) is 0 Å². The van der Waals surface area contributed by atoms with Gasteiger partial charge in [-0.2, -0.15) is 0 Å². The first-order valence-corrected chi connectivity index (χ1v) is 9.32. The van der Waals surface area contributed by atoms with Crippen LogP contribution in [0.4, 0.5) is 11.4 Å². The van der Waals surface area contributed by atoms with Crippen LogP contribution in [-0.4, -0.2) is 50.2 Å². The van der Waals surface area contributed by atoms with Crippen molar-refractivity contribution in [1.82, 2.24) is 14.0 Å². The Labute approximate surface area is 169 Å². The molecule has 0 saturated carbocycles.